The van der Waals surface area contributed by atoms with E-state index in [4.69, 9.17) is 9.47 Å². The minimum Gasteiger partial charge on any atom is -0.490 e. The fourth-order valence-electron chi connectivity index (χ4n) is 3.43. The van der Waals surface area contributed by atoms with E-state index in [2.05, 4.69) is 10.3 Å². The molecule has 0 aliphatic carbocycles. The molecule has 0 radical (unpaired) electrons. The summed E-state index contributed by atoms with van der Waals surface area (Å²) in [5, 5.41) is 5.05. The SMILES string of the molecule is CCOc1ccc(NC2=C(c3cccs3)C(=O)N(Cc3ccncc3)C2=O)cc1OCC. The number of ether oxygens (including phenoxy) is 2. The Morgan fingerprint density at radius 3 is 2.41 bits per heavy atom. The van der Waals surface area contributed by atoms with Gasteiger partial charge in [-0.1, -0.05) is 6.07 Å². The van der Waals surface area contributed by atoms with Gasteiger partial charge < -0.3 is 14.8 Å². The number of hydrogen-bond acceptors (Lipinski definition) is 7. The van der Waals surface area contributed by atoms with Gasteiger partial charge in [0.1, 0.15) is 5.70 Å². The van der Waals surface area contributed by atoms with E-state index in [1.165, 1.54) is 16.2 Å². The first-order chi connectivity index (χ1) is 15.6. The number of anilines is 1. The largest absolute Gasteiger partial charge is 0.490 e. The summed E-state index contributed by atoms with van der Waals surface area (Å²) in [6.07, 6.45) is 3.28. The third-order valence-corrected chi connectivity index (χ3v) is 5.73. The Morgan fingerprint density at radius 1 is 0.969 bits per heavy atom. The lowest BCUT2D eigenvalue weighted by Crippen LogP contribution is -2.31. The Labute approximate surface area is 190 Å². The predicted molar refractivity (Wildman–Crippen MR) is 123 cm³/mol. The number of rotatable bonds is 9. The number of carbonyl (C=O) groups excluding carboxylic acids is 2. The van der Waals surface area contributed by atoms with E-state index in [0.717, 1.165) is 10.4 Å². The van der Waals surface area contributed by atoms with Crippen LogP contribution in [0.4, 0.5) is 5.69 Å². The van der Waals surface area contributed by atoms with Crippen LogP contribution in [0.2, 0.25) is 0 Å². The number of benzene rings is 1. The zero-order valence-corrected chi connectivity index (χ0v) is 18.6. The van der Waals surface area contributed by atoms with Gasteiger partial charge in [-0.2, -0.15) is 0 Å². The molecule has 1 aromatic carbocycles. The van der Waals surface area contributed by atoms with Crippen LogP contribution < -0.4 is 14.8 Å². The van der Waals surface area contributed by atoms with Crippen molar-refractivity contribution in [2.24, 2.45) is 0 Å². The molecule has 3 heterocycles. The predicted octanol–water partition coefficient (Wildman–Crippen LogP) is 4.33. The number of carbonyl (C=O) groups is 2. The minimum atomic E-state index is -0.373. The van der Waals surface area contributed by atoms with E-state index in [0.29, 0.717) is 36.0 Å². The Hall–Kier alpha value is -3.65. The van der Waals surface area contributed by atoms with Crippen molar-refractivity contribution in [2.75, 3.05) is 18.5 Å². The summed E-state index contributed by atoms with van der Waals surface area (Å²) in [5.41, 5.74) is 2.07. The number of nitrogens with one attached hydrogen (secondary N) is 1. The Kier molecular flexibility index (Phi) is 6.51. The zero-order valence-electron chi connectivity index (χ0n) is 17.8. The van der Waals surface area contributed by atoms with Gasteiger partial charge in [0.15, 0.2) is 11.5 Å². The Balaban J connectivity index is 1.69. The minimum absolute atomic E-state index is 0.174. The van der Waals surface area contributed by atoms with Crippen molar-refractivity contribution < 1.29 is 19.1 Å². The highest BCUT2D eigenvalue weighted by molar-refractivity contribution is 7.11. The molecule has 0 saturated carbocycles. The van der Waals surface area contributed by atoms with Crippen LogP contribution in [-0.2, 0) is 16.1 Å². The summed E-state index contributed by atoms with van der Waals surface area (Å²) >= 11 is 1.42. The van der Waals surface area contributed by atoms with Gasteiger partial charge in [-0.3, -0.25) is 19.5 Å². The van der Waals surface area contributed by atoms with Crippen molar-refractivity contribution in [3.05, 3.63) is 76.4 Å². The first kappa shape index (κ1) is 21.6. The molecule has 0 unspecified atom stereocenters. The number of pyridine rings is 1. The molecule has 0 saturated heterocycles. The molecule has 164 valence electrons. The van der Waals surface area contributed by atoms with Crippen molar-refractivity contribution >= 4 is 34.4 Å². The van der Waals surface area contributed by atoms with Gasteiger partial charge in [-0.25, -0.2) is 0 Å². The van der Waals surface area contributed by atoms with Crippen LogP contribution in [0.25, 0.3) is 5.57 Å². The molecule has 1 N–H and O–H groups in total. The molecule has 1 aliphatic rings. The Bertz CT molecular complexity index is 1140. The Morgan fingerprint density at radius 2 is 1.72 bits per heavy atom. The number of amides is 2. The van der Waals surface area contributed by atoms with Gasteiger partial charge in [0.2, 0.25) is 0 Å². The van der Waals surface area contributed by atoms with Crippen molar-refractivity contribution in [2.45, 2.75) is 20.4 Å². The molecular weight excluding hydrogens is 426 g/mol. The van der Waals surface area contributed by atoms with Gasteiger partial charge in [0.25, 0.3) is 11.8 Å². The van der Waals surface area contributed by atoms with Crippen molar-refractivity contribution in [1.82, 2.24) is 9.88 Å². The van der Waals surface area contributed by atoms with Gasteiger partial charge in [0, 0.05) is 29.0 Å². The van der Waals surface area contributed by atoms with Gasteiger partial charge in [-0.05, 0) is 55.1 Å². The second-order valence-electron chi connectivity index (χ2n) is 6.93. The highest BCUT2D eigenvalue weighted by atomic mass is 32.1. The maximum Gasteiger partial charge on any atom is 0.278 e. The monoisotopic (exact) mass is 449 g/mol. The van der Waals surface area contributed by atoms with Crippen molar-refractivity contribution in [3.8, 4) is 11.5 Å². The topological polar surface area (TPSA) is 80.8 Å². The van der Waals surface area contributed by atoms with Crippen LogP contribution >= 0.6 is 11.3 Å². The normalized spacial score (nSPS) is 13.6. The highest BCUT2D eigenvalue weighted by Gasteiger charge is 2.39. The van der Waals surface area contributed by atoms with Gasteiger partial charge in [-0.15, -0.1) is 11.3 Å². The molecule has 4 rings (SSSR count). The molecule has 3 aromatic rings. The van der Waals surface area contributed by atoms with Gasteiger partial charge >= 0.3 is 0 Å². The van der Waals surface area contributed by atoms with Gasteiger partial charge in [0.05, 0.1) is 25.3 Å². The summed E-state index contributed by atoms with van der Waals surface area (Å²) in [5.74, 6) is 0.498. The average Bonchev–Trinajstić information content (AvgIpc) is 3.40. The molecule has 2 amide bonds. The fraction of sp³-hybridized carbons (Fsp3) is 0.208. The van der Waals surface area contributed by atoms with Crippen LogP contribution in [0, 0.1) is 0 Å². The molecule has 2 aromatic heterocycles. The second-order valence-corrected chi connectivity index (χ2v) is 7.88. The number of thiophene rings is 1. The van der Waals surface area contributed by atoms with Crippen LogP contribution in [0.5, 0.6) is 11.5 Å². The van der Waals surface area contributed by atoms with E-state index in [1.807, 2.05) is 31.4 Å². The smallest absolute Gasteiger partial charge is 0.278 e. The lowest BCUT2D eigenvalue weighted by atomic mass is 10.1. The summed E-state index contributed by atoms with van der Waals surface area (Å²) < 4.78 is 11.3. The highest BCUT2D eigenvalue weighted by Crippen LogP contribution is 2.36. The summed E-state index contributed by atoms with van der Waals surface area (Å²) in [7, 11) is 0. The fourth-order valence-corrected chi connectivity index (χ4v) is 4.20. The second kappa shape index (κ2) is 9.65. The molecule has 0 atom stereocenters. The number of hydrogen-bond donors (Lipinski definition) is 1. The molecule has 0 bridgehead atoms. The summed E-state index contributed by atoms with van der Waals surface area (Å²) in [4.78, 5) is 32.6. The maximum absolute atomic E-state index is 13.3. The third-order valence-electron chi connectivity index (χ3n) is 4.84. The number of imide groups is 1. The molecule has 0 fully saturated rings. The average molecular weight is 450 g/mol. The van der Waals surface area contributed by atoms with Crippen LogP contribution in [0.3, 0.4) is 0 Å². The quantitative estimate of drug-likeness (QED) is 0.490. The first-order valence-corrected chi connectivity index (χ1v) is 11.2. The zero-order chi connectivity index (χ0) is 22.5. The van der Waals surface area contributed by atoms with E-state index in [9.17, 15) is 9.59 Å². The molecule has 0 spiro atoms. The van der Waals surface area contributed by atoms with E-state index in [-0.39, 0.29) is 24.1 Å². The van der Waals surface area contributed by atoms with Crippen molar-refractivity contribution in [1.29, 1.82) is 0 Å². The standard InChI is InChI=1S/C24H23N3O4S/c1-3-30-18-8-7-17(14-19(18)31-4-2)26-22-21(20-6-5-13-32-20)23(28)27(24(22)29)15-16-9-11-25-12-10-16/h5-14,26H,3-4,15H2,1-2H3. The van der Waals surface area contributed by atoms with E-state index < -0.39 is 0 Å². The molecule has 8 heteroatoms. The maximum atomic E-state index is 13.3. The van der Waals surface area contributed by atoms with Crippen LogP contribution in [0.15, 0.2) is 65.9 Å². The molecule has 32 heavy (non-hydrogen) atoms. The van der Waals surface area contributed by atoms with Crippen LogP contribution in [0.1, 0.15) is 24.3 Å². The first-order valence-electron chi connectivity index (χ1n) is 10.3. The van der Waals surface area contributed by atoms with E-state index in [1.54, 1.807) is 42.7 Å². The molecule has 7 nitrogen and oxygen atoms in total. The van der Waals surface area contributed by atoms with E-state index >= 15 is 0 Å². The molecular formula is C24H23N3O4S. The summed E-state index contributed by atoms with van der Waals surface area (Å²) in [6.45, 7) is 4.96. The van der Waals surface area contributed by atoms with Crippen molar-refractivity contribution in [3.63, 3.8) is 0 Å². The lowest BCUT2D eigenvalue weighted by molar-refractivity contribution is -0.137. The molecule has 1 aliphatic heterocycles. The number of aromatic nitrogens is 1. The van der Waals surface area contributed by atoms with Crippen LogP contribution in [-0.4, -0.2) is 34.9 Å². The third kappa shape index (κ3) is 4.36. The lowest BCUT2D eigenvalue weighted by Gasteiger charge is -2.16. The summed E-state index contributed by atoms with van der Waals surface area (Å²) in [6, 6.07) is 12.6. The number of nitrogens with zero attached hydrogens (tertiary/aromatic N) is 2.